The van der Waals surface area contributed by atoms with Crippen molar-refractivity contribution in [1.29, 1.82) is 0 Å². The lowest BCUT2D eigenvalue weighted by molar-refractivity contribution is 0.0620. The van der Waals surface area contributed by atoms with Crippen molar-refractivity contribution in [1.82, 2.24) is 4.90 Å². The molecule has 0 aromatic heterocycles. The number of nitrogens with two attached hydrogens (primary N) is 1. The molecule has 0 heterocycles. The summed E-state index contributed by atoms with van der Waals surface area (Å²) < 4.78 is 5.47. The maximum absolute atomic E-state index is 5.50. The van der Waals surface area contributed by atoms with Crippen molar-refractivity contribution in [3.63, 3.8) is 0 Å². The molecule has 3 nitrogen and oxygen atoms in total. The summed E-state index contributed by atoms with van der Waals surface area (Å²) >= 11 is 4.88. The van der Waals surface area contributed by atoms with E-state index in [4.69, 9.17) is 22.7 Å². The first-order chi connectivity index (χ1) is 6.56. The molecule has 0 spiro atoms. The topological polar surface area (TPSA) is 38.5 Å². The quantitative estimate of drug-likeness (QED) is 0.625. The van der Waals surface area contributed by atoms with Crippen LogP contribution in [0.4, 0.5) is 0 Å². The zero-order valence-corrected chi connectivity index (χ0v) is 10.3. The summed E-state index contributed by atoms with van der Waals surface area (Å²) in [4.78, 5) is 2.79. The van der Waals surface area contributed by atoms with Crippen molar-refractivity contribution >= 4 is 17.2 Å². The fraction of sp³-hybridized carbons (Fsp3) is 0.900. The van der Waals surface area contributed by atoms with E-state index in [1.165, 1.54) is 0 Å². The van der Waals surface area contributed by atoms with Crippen LogP contribution in [0.2, 0.25) is 0 Å². The van der Waals surface area contributed by atoms with Crippen molar-refractivity contribution in [2.45, 2.75) is 33.3 Å². The second kappa shape index (κ2) is 8.15. The maximum Gasteiger partial charge on any atom is 0.0870 e. The van der Waals surface area contributed by atoms with Gasteiger partial charge in [-0.05, 0) is 26.8 Å². The van der Waals surface area contributed by atoms with Crippen molar-refractivity contribution < 1.29 is 4.74 Å². The first-order valence-electron chi connectivity index (χ1n) is 5.18. The summed E-state index contributed by atoms with van der Waals surface area (Å²) in [5.74, 6) is 0. The molecule has 0 aromatic rings. The van der Waals surface area contributed by atoms with Crippen LogP contribution in [0.15, 0.2) is 0 Å². The van der Waals surface area contributed by atoms with E-state index in [2.05, 4.69) is 11.8 Å². The van der Waals surface area contributed by atoms with Gasteiger partial charge in [-0.15, -0.1) is 0 Å². The van der Waals surface area contributed by atoms with E-state index in [1.54, 1.807) is 0 Å². The Kier molecular flexibility index (Phi) is 8.04. The monoisotopic (exact) mass is 218 g/mol. The molecule has 0 saturated carbocycles. The third-order valence-corrected chi connectivity index (χ3v) is 1.91. The van der Waals surface area contributed by atoms with Crippen LogP contribution in [-0.2, 0) is 4.74 Å². The molecule has 84 valence electrons. The van der Waals surface area contributed by atoms with Gasteiger partial charge in [0.1, 0.15) is 0 Å². The van der Waals surface area contributed by atoms with Crippen LogP contribution in [0, 0.1) is 0 Å². The smallest absolute Gasteiger partial charge is 0.0870 e. The Morgan fingerprint density at radius 2 is 2.07 bits per heavy atom. The van der Waals surface area contributed by atoms with Gasteiger partial charge in [-0.3, -0.25) is 4.90 Å². The first-order valence-corrected chi connectivity index (χ1v) is 5.59. The van der Waals surface area contributed by atoms with E-state index in [0.29, 0.717) is 17.6 Å². The Morgan fingerprint density at radius 3 is 2.50 bits per heavy atom. The third kappa shape index (κ3) is 8.41. The van der Waals surface area contributed by atoms with Gasteiger partial charge in [0, 0.05) is 13.1 Å². The Balaban J connectivity index is 3.67. The molecule has 0 saturated heterocycles. The summed E-state index contributed by atoms with van der Waals surface area (Å²) in [6.07, 6.45) is 1.41. The summed E-state index contributed by atoms with van der Waals surface area (Å²) in [6, 6.07) is 0. The zero-order chi connectivity index (χ0) is 11.0. The second-order valence-corrected chi connectivity index (χ2v) is 4.19. The minimum Gasteiger partial charge on any atom is -0.392 e. The molecule has 4 heteroatoms. The summed E-state index contributed by atoms with van der Waals surface area (Å²) in [6.45, 7) is 9.61. The highest BCUT2D eigenvalue weighted by atomic mass is 32.1. The van der Waals surface area contributed by atoms with Gasteiger partial charge in [-0.2, -0.15) is 0 Å². The van der Waals surface area contributed by atoms with Gasteiger partial charge in [0.15, 0.2) is 0 Å². The average Bonchev–Trinajstić information content (AvgIpc) is 2.02. The molecule has 0 radical (unpaired) electrons. The minimum absolute atomic E-state index is 0.295. The lowest BCUT2D eigenvalue weighted by Gasteiger charge is -2.21. The molecule has 14 heavy (non-hydrogen) atoms. The van der Waals surface area contributed by atoms with Crippen LogP contribution in [0.5, 0.6) is 0 Å². The standard InChI is InChI=1S/C10H22N2OS/c1-4-5-12(8-10(11)14)6-7-13-9(2)3/h9H,4-8H2,1-3H3,(H2,11,14). The highest BCUT2D eigenvalue weighted by molar-refractivity contribution is 7.80. The normalized spacial score (nSPS) is 11.2. The fourth-order valence-corrected chi connectivity index (χ4v) is 1.41. The van der Waals surface area contributed by atoms with E-state index in [0.717, 1.165) is 26.1 Å². The van der Waals surface area contributed by atoms with Gasteiger partial charge in [-0.25, -0.2) is 0 Å². The first kappa shape index (κ1) is 13.8. The molecule has 0 rings (SSSR count). The molecule has 0 unspecified atom stereocenters. The molecule has 2 N–H and O–H groups in total. The predicted octanol–water partition coefficient (Wildman–Crippen LogP) is 1.41. The van der Waals surface area contributed by atoms with Crippen molar-refractivity contribution in [2.75, 3.05) is 26.2 Å². The second-order valence-electron chi connectivity index (χ2n) is 3.66. The largest absolute Gasteiger partial charge is 0.392 e. The number of hydrogen-bond acceptors (Lipinski definition) is 3. The molecule has 0 aliphatic rings. The van der Waals surface area contributed by atoms with Crippen LogP contribution in [-0.4, -0.2) is 42.2 Å². The number of hydrogen-bond donors (Lipinski definition) is 1. The van der Waals surface area contributed by atoms with Gasteiger partial charge in [-0.1, -0.05) is 19.1 Å². The molecule has 0 fully saturated rings. The summed E-state index contributed by atoms with van der Waals surface area (Å²) in [7, 11) is 0. The molecule has 0 amide bonds. The molecule has 0 aliphatic carbocycles. The average molecular weight is 218 g/mol. The van der Waals surface area contributed by atoms with Crippen LogP contribution in [0.1, 0.15) is 27.2 Å². The van der Waals surface area contributed by atoms with Crippen molar-refractivity contribution in [2.24, 2.45) is 5.73 Å². The van der Waals surface area contributed by atoms with Crippen LogP contribution in [0.3, 0.4) is 0 Å². The highest BCUT2D eigenvalue weighted by Gasteiger charge is 2.05. The van der Waals surface area contributed by atoms with Crippen LogP contribution in [0.25, 0.3) is 0 Å². The maximum atomic E-state index is 5.50. The number of ether oxygens (including phenoxy) is 1. The lowest BCUT2D eigenvalue weighted by Crippen LogP contribution is -2.36. The SMILES string of the molecule is CCCN(CCOC(C)C)CC(N)=S. The Morgan fingerprint density at radius 1 is 1.43 bits per heavy atom. The van der Waals surface area contributed by atoms with Gasteiger partial charge in [0.05, 0.1) is 17.7 Å². The fourth-order valence-electron chi connectivity index (χ4n) is 1.22. The third-order valence-electron chi connectivity index (χ3n) is 1.78. The Bertz CT molecular complexity index is 162. The van der Waals surface area contributed by atoms with Gasteiger partial charge < -0.3 is 10.5 Å². The molecule has 0 aliphatic heterocycles. The molecule has 0 aromatic carbocycles. The van der Waals surface area contributed by atoms with Gasteiger partial charge in [0.2, 0.25) is 0 Å². The summed E-state index contributed by atoms with van der Waals surface area (Å²) in [5, 5.41) is 0. The Labute approximate surface area is 92.6 Å². The molecule has 0 bridgehead atoms. The van der Waals surface area contributed by atoms with E-state index in [-0.39, 0.29) is 0 Å². The van der Waals surface area contributed by atoms with Crippen molar-refractivity contribution in [3.8, 4) is 0 Å². The van der Waals surface area contributed by atoms with Crippen LogP contribution >= 0.6 is 12.2 Å². The number of thiocarbonyl (C=S) groups is 1. The number of rotatable bonds is 8. The predicted molar refractivity (Wildman–Crippen MR) is 64.6 cm³/mol. The summed E-state index contributed by atoms with van der Waals surface area (Å²) in [5.41, 5.74) is 5.50. The molecule has 0 atom stereocenters. The van der Waals surface area contributed by atoms with Crippen molar-refractivity contribution in [3.05, 3.63) is 0 Å². The van der Waals surface area contributed by atoms with Crippen LogP contribution < -0.4 is 5.73 Å². The van der Waals surface area contributed by atoms with E-state index in [1.807, 2.05) is 13.8 Å². The molecular formula is C10H22N2OS. The minimum atomic E-state index is 0.295. The van der Waals surface area contributed by atoms with Gasteiger partial charge >= 0.3 is 0 Å². The Hall–Kier alpha value is -0.190. The van der Waals surface area contributed by atoms with Gasteiger partial charge in [0.25, 0.3) is 0 Å². The van der Waals surface area contributed by atoms with E-state index >= 15 is 0 Å². The number of nitrogens with zero attached hydrogens (tertiary/aromatic N) is 1. The van der Waals surface area contributed by atoms with E-state index < -0.39 is 0 Å². The highest BCUT2D eigenvalue weighted by Crippen LogP contribution is 1.94. The molecular weight excluding hydrogens is 196 g/mol. The van der Waals surface area contributed by atoms with E-state index in [9.17, 15) is 0 Å². The lowest BCUT2D eigenvalue weighted by atomic mass is 10.4. The zero-order valence-electron chi connectivity index (χ0n) is 9.45.